The predicted molar refractivity (Wildman–Crippen MR) is 57.4 cm³/mol. The van der Waals surface area contributed by atoms with Gasteiger partial charge in [0.2, 0.25) is 0 Å². The SMILES string of the molecule is Nc1ccc(C(Cl)CCl)cc1S. The molecule has 0 aliphatic carbocycles. The lowest BCUT2D eigenvalue weighted by atomic mass is 10.1. The van der Waals surface area contributed by atoms with Gasteiger partial charge >= 0.3 is 0 Å². The van der Waals surface area contributed by atoms with E-state index in [1.54, 1.807) is 6.07 Å². The van der Waals surface area contributed by atoms with Gasteiger partial charge in [0.15, 0.2) is 0 Å². The van der Waals surface area contributed by atoms with Gasteiger partial charge in [-0.1, -0.05) is 6.07 Å². The molecular formula is C8H9Cl2NS. The second kappa shape index (κ2) is 4.26. The van der Waals surface area contributed by atoms with Crippen LogP contribution < -0.4 is 5.73 Å². The van der Waals surface area contributed by atoms with E-state index in [1.165, 1.54) is 0 Å². The predicted octanol–water partition coefficient (Wildman–Crippen LogP) is 3.08. The Labute approximate surface area is 87.3 Å². The van der Waals surface area contributed by atoms with Gasteiger partial charge in [-0.25, -0.2) is 0 Å². The number of anilines is 1. The quantitative estimate of drug-likeness (QED) is 0.449. The molecule has 4 heteroatoms. The van der Waals surface area contributed by atoms with Gasteiger partial charge in [0, 0.05) is 16.5 Å². The van der Waals surface area contributed by atoms with Crippen LogP contribution >= 0.6 is 35.8 Å². The van der Waals surface area contributed by atoms with E-state index in [9.17, 15) is 0 Å². The number of rotatable bonds is 2. The van der Waals surface area contributed by atoms with Crippen LogP contribution in [0, 0.1) is 0 Å². The van der Waals surface area contributed by atoms with Gasteiger partial charge in [-0.05, 0) is 17.7 Å². The van der Waals surface area contributed by atoms with Crippen molar-refractivity contribution in [3.8, 4) is 0 Å². The fourth-order valence-corrected chi connectivity index (χ4v) is 1.38. The number of halogens is 2. The summed E-state index contributed by atoms with van der Waals surface area (Å²) < 4.78 is 0. The fraction of sp³-hybridized carbons (Fsp3) is 0.250. The van der Waals surface area contributed by atoms with Crippen molar-refractivity contribution in [3.05, 3.63) is 23.8 Å². The van der Waals surface area contributed by atoms with Crippen LogP contribution in [-0.2, 0) is 0 Å². The molecule has 0 spiro atoms. The van der Waals surface area contributed by atoms with Gasteiger partial charge in [-0.2, -0.15) is 0 Å². The normalized spacial score (nSPS) is 12.9. The first kappa shape index (κ1) is 10.0. The Balaban J connectivity index is 2.96. The van der Waals surface area contributed by atoms with Gasteiger partial charge in [0.25, 0.3) is 0 Å². The van der Waals surface area contributed by atoms with Crippen LogP contribution in [0.2, 0.25) is 0 Å². The molecular weight excluding hydrogens is 213 g/mol. The minimum atomic E-state index is -0.168. The van der Waals surface area contributed by atoms with Gasteiger partial charge in [0.05, 0.1) is 5.38 Å². The molecule has 1 atom stereocenters. The maximum Gasteiger partial charge on any atom is 0.0721 e. The van der Waals surface area contributed by atoms with Crippen molar-refractivity contribution in [2.75, 3.05) is 11.6 Å². The largest absolute Gasteiger partial charge is 0.398 e. The molecule has 12 heavy (non-hydrogen) atoms. The maximum absolute atomic E-state index is 5.91. The zero-order chi connectivity index (χ0) is 9.14. The number of thiol groups is 1. The zero-order valence-electron chi connectivity index (χ0n) is 6.30. The number of hydrogen-bond acceptors (Lipinski definition) is 2. The van der Waals surface area contributed by atoms with Crippen molar-refractivity contribution in [2.24, 2.45) is 0 Å². The minimum absolute atomic E-state index is 0.168. The van der Waals surface area contributed by atoms with E-state index in [2.05, 4.69) is 12.6 Å². The second-order valence-electron chi connectivity index (χ2n) is 2.44. The molecule has 1 aromatic carbocycles. The summed E-state index contributed by atoms with van der Waals surface area (Å²) in [6.07, 6.45) is 0. The molecule has 0 amide bonds. The highest BCUT2D eigenvalue weighted by molar-refractivity contribution is 7.80. The molecule has 2 N–H and O–H groups in total. The number of hydrogen-bond donors (Lipinski definition) is 2. The summed E-state index contributed by atoms with van der Waals surface area (Å²) in [5, 5.41) is -0.168. The molecule has 0 radical (unpaired) electrons. The topological polar surface area (TPSA) is 26.0 Å². The highest BCUT2D eigenvalue weighted by Crippen LogP contribution is 2.26. The average molecular weight is 222 g/mol. The van der Waals surface area contributed by atoms with E-state index in [1.807, 2.05) is 12.1 Å². The number of nitrogen functional groups attached to an aromatic ring is 1. The summed E-state index contributed by atoms with van der Waals surface area (Å²) in [5.41, 5.74) is 7.18. The molecule has 0 saturated carbocycles. The summed E-state index contributed by atoms with van der Waals surface area (Å²) in [6.45, 7) is 0. The lowest BCUT2D eigenvalue weighted by molar-refractivity contribution is 1.08. The molecule has 0 aliphatic rings. The van der Waals surface area contributed by atoms with Crippen molar-refractivity contribution in [1.82, 2.24) is 0 Å². The van der Waals surface area contributed by atoms with Gasteiger partial charge in [-0.3, -0.25) is 0 Å². The Hall–Kier alpha value is -0.0500. The molecule has 0 aliphatic heterocycles. The molecule has 0 saturated heterocycles. The van der Waals surface area contributed by atoms with E-state index in [4.69, 9.17) is 28.9 Å². The van der Waals surface area contributed by atoms with Crippen LogP contribution in [0.1, 0.15) is 10.9 Å². The molecule has 1 aromatic rings. The lowest BCUT2D eigenvalue weighted by Crippen LogP contribution is -1.94. The summed E-state index contributed by atoms with van der Waals surface area (Å²) in [5.74, 6) is 0.388. The van der Waals surface area contributed by atoms with Gasteiger partial charge in [0.1, 0.15) is 0 Å². The van der Waals surface area contributed by atoms with Crippen molar-refractivity contribution in [1.29, 1.82) is 0 Å². The lowest BCUT2D eigenvalue weighted by Gasteiger charge is -2.07. The Morgan fingerprint density at radius 3 is 2.67 bits per heavy atom. The molecule has 1 nitrogen and oxygen atoms in total. The number of benzene rings is 1. The van der Waals surface area contributed by atoms with Crippen LogP contribution in [0.5, 0.6) is 0 Å². The number of nitrogens with two attached hydrogens (primary N) is 1. The molecule has 1 unspecified atom stereocenters. The van der Waals surface area contributed by atoms with Crippen molar-refractivity contribution in [3.63, 3.8) is 0 Å². The monoisotopic (exact) mass is 221 g/mol. The van der Waals surface area contributed by atoms with Crippen LogP contribution in [0.15, 0.2) is 23.1 Å². The van der Waals surface area contributed by atoms with Crippen molar-refractivity contribution < 1.29 is 0 Å². The summed E-state index contributed by atoms with van der Waals surface area (Å²) in [7, 11) is 0. The fourth-order valence-electron chi connectivity index (χ4n) is 0.845. The molecule has 66 valence electrons. The smallest absolute Gasteiger partial charge is 0.0721 e. The number of alkyl halides is 2. The summed E-state index contributed by atoms with van der Waals surface area (Å²) in [6, 6.07) is 5.47. The second-order valence-corrected chi connectivity index (χ2v) is 3.76. The van der Waals surface area contributed by atoms with E-state index in [-0.39, 0.29) is 5.38 Å². The third-order valence-corrected chi connectivity index (χ3v) is 2.81. The highest BCUT2D eigenvalue weighted by atomic mass is 35.5. The third-order valence-electron chi connectivity index (χ3n) is 1.55. The first-order valence-corrected chi connectivity index (χ1v) is 4.85. The molecule has 1 rings (SSSR count). The Bertz CT molecular complexity index is 278. The standard InChI is InChI=1S/C8H9Cl2NS/c9-4-6(10)5-1-2-7(11)8(12)3-5/h1-3,6,12H,4,11H2. The Morgan fingerprint density at radius 2 is 2.17 bits per heavy atom. The first-order chi connectivity index (χ1) is 5.65. The molecule has 0 bridgehead atoms. The summed E-state index contributed by atoms with van der Waals surface area (Å²) >= 11 is 15.7. The zero-order valence-corrected chi connectivity index (χ0v) is 8.70. The van der Waals surface area contributed by atoms with E-state index >= 15 is 0 Å². The van der Waals surface area contributed by atoms with Gasteiger partial charge < -0.3 is 5.73 Å². The average Bonchev–Trinajstić information content (AvgIpc) is 2.08. The third kappa shape index (κ3) is 2.22. The van der Waals surface area contributed by atoms with Crippen LogP contribution in [0.4, 0.5) is 5.69 Å². The highest BCUT2D eigenvalue weighted by Gasteiger charge is 2.06. The summed E-state index contributed by atoms with van der Waals surface area (Å²) in [4.78, 5) is 0.739. The van der Waals surface area contributed by atoms with E-state index in [0.29, 0.717) is 11.6 Å². The molecule has 0 heterocycles. The van der Waals surface area contributed by atoms with Crippen LogP contribution in [-0.4, -0.2) is 5.88 Å². The first-order valence-electron chi connectivity index (χ1n) is 3.43. The van der Waals surface area contributed by atoms with E-state index in [0.717, 1.165) is 10.5 Å². The maximum atomic E-state index is 5.91. The van der Waals surface area contributed by atoms with E-state index < -0.39 is 0 Å². The minimum Gasteiger partial charge on any atom is -0.398 e. The van der Waals surface area contributed by atoms with Crippen LogP contribution in [0.3, 0.4) is 0 Å². The van der Waals surface area contributed by atoms with Crippen LogP contribution in [0.25, 0.3) is 0 Å². The molecule has 0 fully saturated rings. The van der Waals surface area contributed by atoms with Crippen molar-refractivity contribution >= 4 is 41.5 Å². The molecule has 0 aromatic heterocycles. The van der Waals surface area contributed by atoms with Gasteiger partial charge in [-0.15, -0.1) is 35.8 Å². The van der Waals surface area contributed by atoms with Crippen molar-refractivity contribution in [2.45, 2.75) is 10.3 Å². The Morgan fingerprint density at radius 1 is 1.50 bits per heavy atom. The Kier molecular flexibility index (Phi) is 3.56.